The van der Waals surface area contributed by atoms with Gasteiger partial charge in [-0.15, -0.1) is 0 Å². The predicted molar refractivity (Wildman–Crippen MR) is 120 cm³/mol. The molecule has 2 aromatic rings. The summed E-state index contributed by atoms with van der Waals surface area (Å²) in [5.74, 6) is 0.417. The molecule has 2 aliphatic rings. The number of rotatable bonds is 7. The van der Waals surface area contributed by atoms with Gasteiger partial charge in [0.15, 0.2) is 5.78 Å². The first kappa shape index (κ1) is 22.0. The average molecular weight is 427 g/mol. The van der Waals surface area contributed by atoms with Crippen molar-refractivity contribution in [2.45, 2.75) is 47.1 Å². The molecule has 1 saturated carbocycles. The van der Waals surface area contributed by atoms with Crippen LogP contribution in [0.2, 0.25) is 0 Å². The summed E-state index contributed by atoms with van der Waals surface area (Å²) in [5, 5.41) is 12.5. The number of Topliss-reactive ketones (excluding diaryl/α,β-unsaturated/α-hetero) is 1. The van der Waals surface area contributed by atoms with Crippen molar-refractivity contribution in [3.8, 4) is 0 Å². The summed E-state index contributed by atoms with van der Waals surface area (Å²) in [6.45, 7) is 11.2. The van der Waals surface area contributed by atoms with Gasteiger partial charge in [-0.1, -0.05) is 27.7 Å². The second kappa shape index (κ2) is 8.06. The number of carbonyl (C=O) groups excluding carboxylic acids is 2. The Kier molecular flexibility index (Phi) is 5.73. The van der Waals surface area contributed by atoms with Gasteiger partial charge in [-0.2, -0.15) is 0 Å². The molecule has 0 unspecified atom stereocenters. The number of benzene rings is 1. The van der Waals surface area contributed by atoms with Gasteiger partial charge in [0.25, 0.3) is 5.91 Å². The maximum absolute atomic E-state index is 13.6. The molecule has 2 heterocycles. The summed E-state index contributed by atoms with van der Waals surface area (Å²) < 4.78 is 7.69. The second-order valence-corrected chi connectivity index (χ2v) is 10.2. The molecule has 6 nitrogen and oxygen atoms in total. The Labute approximate surface area is 184 Å². The fourth-order valence-corrected chi connectivity index (χ4v) is 5.27. The minimum atomic E-state index is -0.237. The summed E-state index contributed by atoms with van der Waals surface area (Å²) >= 11 is 0. The number of nitrogens with zero attached hydrogens (tertiary/aromatic N) is 1. The molecule has 2 fully saturated rings. The van der Waals surface area contributed by atoms with Crippen LogP contribution in [-0.2, 0) is 11.3 Å². The maximum atomic E-state index is 13.6. The first-order chi connectivity index (χ1) is 14.7. The van der Waals surface area contributed by atoms with E-state index in [-0.39, 0.29) is 41.6 Å². The topological polar surface area (TPSA) is 80.6 Å². The molecule has 0 bridgehead atoms. The number of hydrogen-bond acceptors (Lipinski definition) is 4. The van der Waals surface area contributed by atoms with Crippen LogP contribution in [0.25, 0.3) is 10.9 Å². The SMILES string of the molecule is CC1(C)C(C(=O)c2cn(CC3CCOCC3)c3ccc(C(=O)NCCO)cc23)C1(C)C. The predicted octanol–water partition coefficient (Wildman–Crippen LogP) is 3.65. The first-order valence-electron chi connectivity index (χ1n) is 11.3. The van der Waals surface area contributed by atoms with E-state index in [1.807, 2.05) is 18.3 Å². The van der Waals surface area contributed by atoms with Crippen molar-refractivity contribution in [1.82, 2.24) is 9.88 Å². The van der Waals surface area contributed by atoms with Crippen molar-refractivity contribution in [2.24, 2.45) is 22.7 Å². The van der Waals surface area contributed by atoms with Gasteiger partial charge in [0.1, 0.15) is 0 Å². The van der Waals surface area contributed by atoms with Gasteiger partial charge in [-0.3, -0.25) is 9.59 Å². The van der Waals surface area contributed by atoms with Gasteiger partial charge in [0, 0.05) is 60.4 Å². The van der Waals surface area contributed by atoms with Crippen molar-refractivity contribution in [3.05, 3.63) is 35.5 Å². The molecule has 1 aliphatic carbocycles. The number of aliphatic hydroxyl groups excluding tert-OH is 1. The summed E-state index contributed by atoms with van der Waals surface area (Å²) in [4.78, 5) is 26.1. The zero-order chi connectivity index (χ0) is 22.4. The lowest BCUT2D eigenvalue weighted by molar-refractivity contribution is 0.0616. The Morgan fingerprint density at radius 3 is 2.45 bits per heavy atom. The van der Waals surface area contributed by atoms with E-state index in [0.717, 1.165) is 43.5 Å². The molecular formula is C25H34N2O4. The second-order valence-electron chi connectivity index (χ2n) is 10.2. The van der Waals surface area contributed by atoms with E-state index in [0.29, 0.717) is 17.0 Å². The van der Waals surface area contributed by atoms with Crippen LogP contribution < -0.4 is 5.32 Å². The standard InChI is InChI=1S/C25H34N2O4/c1-24(2)22(25(24,3)4)21(29)19-15-27(14-16-7-11-31-12-8-16)20-6-5-17(13-18(19)20)23(30)26-9-10-28/h5-6,13,15-16,22,28H,7-12,14H2,1-4H3,(H,26,30). The molecule has 6 heteroatoms. The number of ether oxygens (including phenoxy) is 1. The number of carbonyl (C=O) groups is 2. The maximum Gasteiger partial charge on any atom is 0.251 e. The number of fused-ring (bicyclic) bond motifs is 1. The number of aliphatic hydroxyl groups is 1. The lowest BCUT2D eigenvalue weighted by Gasteiger charge is -2.22. The molecule has 4 rings (SSSR count). The molecule has 0 radical (unpaired) electrons. The number of nitrogens with one attached hydrogen (secondary N) is 1. The van der Waals surface area contributed by atoms with Crippen LogP contribution in [0.5, 0.6) is 0 Å². The third-order valence-electron chi connectivity index (χ3n) is 7.88. The molecule has 1 aromatic heterocycles. The van der Waals surface area contributed by atoms with Gasteiger partial charge in [0.05, 0.1) is 6.61 Å². The Morgan fingerprint density at radius 2 is 1.84 bits per heavy atom. The van der Waals surface area contributed by atoms with Crippen molar-refractivity contribution in [2.75, 3.05) is 26.4 Å². The van der Waals surface area contributed by atoms with Gasteiger partial charge in [-0.25, -0.2) is 0 Å². The summed E-state index contributed by atoms with van der Waals surface area (Å²) in [5.41, 5.74) is 2.12. The van der Waals surface area contributed by atoms with Crippen molar-refractivity contribution >= 4 is 22.6 Å². The minimum Gasteiger partial charge on any atom is -0.395 e. The Morgan fingerprint density at radius 1 is 1.16 bits per heavy atom. The number of amides is 1. The molecular weight excluding hydrogens is 392 g/mol. The third kappa shape index (κ3) is 3.80. The fourth-order valence-electron chi connectivity index (χ4n) is 5.27. The number of hydrogen-bond donors (Lipinski definition) is 2. The van der Waals surface area contributed by atoms with Crippen molar-refractivity contribution in [3.63, 3.8) is 0 Å². The normalized spacial score (nSPS) is 20.7. The van der Waals surface area contributed by atoms with E-state index in [2.05, 4.69) is 37.6 Å². The van der Waals surface area contributed by atoms with Crippen LogP contribution in [0.15, 0.2) is 24.4 Å². The monoisotopic (exact) mass is 426 g/mol. The summed E-state index contributed by atoms with van der Waals surface area (Å²) in [6, 6.07) is 5.58. The Hall–Kier alpha value is -2.18. The highest BCUT2D eigenvalue weighted by Crippen LogP contribution is 2.69. The van der Waals surface area contributed by atoms with E-state index in [9.17, 15) is 9.59 Å². The molecule has 0 atom stereocenters. The Bertz CT molecular complexity index is 984. The average Bonchev–Trinajstić information content (AvgIpc) is 2.99. The van der Waals surface area contributed by atoms with E-state index in [1.54, 1.807) is 6.07 Å². The van der Waals surface area contributed by atoms with Crippen LogP contribution in [0.4, 0.5) is 0 Å². The van der Waals surface area contributed by atoms with Gasteiger partial charge < -0.3 is 19.7 Å². The van der Waals surface area contributed by atoms with Crippen LogP contribution in [0.3, 0.4) is 0 Å². The zero-order valence-electron chi connectivity index (χ0n) is 19.0. The lowest BCUT2D eigenvalue weighted by atomic mass is 9.99. The summed E-state index contributed by atoms with van der Waals surface area (Å²) in [7, 11) is 0. The quantitative estimate of drug-likeness (QED) is 0.662. The van der Waals surface area contributed by atoms with E-state index >= 15 is 0 Å². The highest BCUT2D eigenvalue weighted by Gasteiger charge is 2.68. The molecule has 1 aromatic carbocycles. The van der Waals surface area contributed by atoms with E-state index in [1.165, 1.54) is 0 Å². The molecule has 0 spiro atoms. The van der Waals surface area contributed by atoms with Crippen molar-refractivity contribution in [1.29, 1.82) is 0 Å². The molecule has 1 aliphatic heterocycles. The highest BCUT2D eigenvalue weighted by molar-refractivity contribution is 6.12. The van der Waals surface area contributed by atoms with Crippen LogP contribution in [0, 0.1) is 22.7 Å². The fraction of sp³-hybridized carbons (Fsp3) is 0.600. The molecule has 168 valence electrons. The first-order valence-corrected chi connectivity index (χ1v) is 11.3. The largest absolute Gasteiger partial charge is 0.395 e. The molecule has 2 N–H and O–H groups in total. The van der Waals surface area contributed by atoms with Crippen LogP contribution >= 0.6 is 0 Å². The van der Waals surface area contributed by atoms with Gasteiger partial charge in [-0.05, 0) is 47.8 Å². The Balaban J connectivity index is 1.73. The van der Waals surface area contributed by atoms with Gasteiger partial charge in [0.2, 0.25) is 0 Å². The third-order valence-corrected chi connectivity index (χ3v) is 7.88. The van der Waals surface area contributed by atoms with Crippen LogP contribution in [0.1, 0.15) is 61.3 Å². The smallest absolute Gasteiger partial charge is 0.251 e. The zero-order valence-corrected chi connectivity index (χ0v) is 19.0. The molecule has 31 heavy (non-hydrogen) atoms. The minimum absolute atomic E-state index is 0.0333. The number of aromatic nitrogens is 1. The lowest BCUT2D eigenvalue weighted by Crippen LogP contribution is -2.26. The van der Waals surface area contributed by atoms with E-state index < -0.39 is 0 Å². The highest BCUT2D eigenvalue weighted by atomic mass is 16.5. The van der Waals surface area contributed by atoms with E-state index in [4.69, 9.17) is 9.84 Å². The van der Waals surface area contributed by atoms with Gasteiger partial charge >= 0.3 is 0 Å². The van der Waals surface area contributed by atoms with Crippen molar-refractivity contribution < 1.29 is 19.4 Å². The van der Waals surface area contributed by atoms with Crippen LogP contribution in [-0.4, -0.2) is 47.7 Å². The molecule has 1 saturated heterocycles. The number of ketones is 1. The summed E-state index contributed by atoms with van der Waals surface area (Å²) in [6.07, 6.45) is 4.04. The molecule has 1 amide bonds.